The van der Waals surface area contributed by atoms with E-state index in [2.05, 4.69) is 17.2 Å². The fourth-order valence-electron chi connectivity index (χ4n) is 2.93. The van der Waals surface area contributed by atoms with Crippen molar-refractivity contribution in [2.75, 3.05) is 13.7 Å². The van der Waals surface area contributed by atoms with E-state index in [1.807, 2.05) is 0 Å². The molecule has 9 heteroatoms. The molecule has 3 aromatic rings. The van der Waals surface area contributed by atoms with E-state index in [9.17, 15) is 22.8 Å². The number of amides is 2. The zero-order valence-corrected chi connectivity index (χ0v) is 18.1. The summed E-state index contributed by atoms with van der Waals surface area (Å²) in [5.41, 5.74) is -0.427. The van der Waals surface area contributed by atoms with Gasteiger partial charge in [0.05, 0.1) is 12.7 Å². The fraction of sp³-hybridized carbons (Fsp3) is 0.120. The van der Waals surface area contributed by atoms with Gasteiger partial charge in [-0.1, -0.05) is 18.2 Å². The number of alkyl halides is 3. The number of hydrogen-bond acceptors (Lipinski definition) is 4. The number of carbonyl (C=O) groups excluding carboxylic acids is 2. The predicted octanol–water partition coefficient (Wildman–Crippen LogP) is 5.05. The van der Waals surface area contributed by atoms with Crippen LogP contribution in [0.3, 0.4) is 0 Å². The van der Waals surface area contributed by atoms with E-state index in [0.29, 0.717) is 5.75 Å². The Morgan fingerprint density at radius 3 is 2.47 bits per heavy atom. The van der Waals surface area contributed by atoms with E-state index < -0.39 is 23.6 Å². The molecule has 176 valence electrons. The number of ether oxygens (including phenoxy) is 1. The van der Waals surface area contributed by atoms with Crippen molar-refractivity contribution in [1.29, 1.82) is 0 Å². The summed E-state index contributed by atoms with van der Waals surface area (Å²) in [7, 11) is 1.50. The summed E-state index contributed by atoms with van der Waals surface area (Å²) >= 11 is 0. The number of furan rings is 1. The third kappa shape index (κ3) is 6.16. The van der Waals surface area contributed by atoms with E-state index >= 15 is 0 Å². The van der Waals surface area contributed by atoms with Gasteiger partial charge < -0.3 is 19.8 Å². The van der Waals surface area contributed by atoms with Crippen molar-refractivity contribution in [3.8, 4) is 17.1 Å². The second-order valence-electron chi connectivity index (χ2n) is 7.02. The number of nitrogens with one attached hydrogen (secondary N) is 2. The monoisotopic (exact) mass is 470 g/mol. The first kappa shape index (κ1) is 24.4. The normalized spacial score (nSPS) is 11.6. The molecule has 0 radical (unpaired) electrons. The second kappa shape index (κ2) is 10.6. The molecule has 2 amide bonds. The van der Waals surface area contributed by atoms with Crippen LogP contribution in [0.5, 0.6) is 5.75 Å². The summed E-state index contributed by atoms with van der Waals surface area (Å²) < 4.78 is 49.7. The Labute approximate surface area is 193 Å². The molecule has 2 aromatic carbocycles. The molecular weight excluding hydrogens is 449 g/mol. The highest BCUT2D eigenvalue weighted by Crippen LogP contribution is 2.32. The molecule has 0 aliphatic rings. The third-order valence-corrected chi connectivity index (χ3v) is 4.64. The fourth-order valence-corrected chi connectivity index (χ4v) is 2.93. The molecule has 2 N–H and O–H groups in total. The van der Waals surface area contributed by atoms with Crippen molar-refractivity contribution in [3.05, 3.63) is 95.9 Å². The van der Waals surface area contributed by atoms with Crippen LogP contribution in [0.1, 0.15) is 21.7 Å². The van der Waals surface area contributed by atoms with Crippen LogP contribution in [0.15, 0.2) is 83.4 Å². The molecule has 34 heavy (non-hydrogen) atoms. The van der Waals surface area contributed by atoms with Gasteiger partial charge in [0.15, 0.2) is 0 Å². The van der Waals surface area contributed by atoms with E-state index in [1.54, 1.807) is 12.1 Å². The topological polar surface area (TPSA) is 80.6 Å². The largest absolute Gasteiger partial charge is 0.497 e. The molecule has 0 saturated heterocycles. The van der Waals surface area contributed by atoms with Crippen LogP contribution >= 0.6 is 0 Å². The van der Waals surface area contributed by atoms with E-state index in [-0.39, 0.29) is 34.9 Å². The minimum atomic E-state index is -4.49. The zero-order valence-electron chi connectivity index (χ0n) is 18.1. The summed E-state index contributed by atoms with van der Waals surface area (Å²) in [6.07, 6.45) is -1.73. The van der Waals surface area contributed by atoms with Crippen LogP contribution in [0.4, 0.5) is 13.2 Å². The van der Waals surface area contributed by atoms with Crippen LogP contribution < -0.4 is 15.4 Å². The van der Waals surface area contributed by atoms with Gasteiger partial charge in [0.2, 0.25) is 0 Å². The minimum absolute atomic E-state index is 0.118. The maximum atomic E-state index is 13.0. The number of benzene rings is 2. The Morgan fingerprint density at radius 1 is 1.09 bits per heavy atom. The summed E-state index contributed by atoms with van der Waals surface area (Å²) in [6, 6.07) is 13.9. The Balaban J connectivity index is 1.88. The lowest BCUT2D eigenvalue weighted by Crippen LogP contribution is -2.34. The Kier molecular flexibility index (Phi) is 7.57. The molecule has 0 spiro atoms. The predicted molar refractivity (Wildman–Crippen MR) is 121 cm³/mol. The summed E-state index contributed by atoms with van der Waals surface area (Å²) in [4.78, 5) is 25.2. The molecule has 1 heterocycles. The Bertz CT molecular complexity index is 1210. The van der Waals surface area contributed by atoms with Crippen LogP contribution in [0.2, 0.25) is 0 Å². The zero-order chi connectivity index (χ0) is 24.7. The molecule has 0 aliphatic carbocycles. The highest BCUT2D eigenvalue weighted by Gasteiger charge is 2.30. The average Bonchev–Trinajstić information content (AvgIpc) is 3.30. The molecule has 0 fully saturated rings. The summed E-state index contributed by atoms with van der Waals surface area (Å²) in [5.74, 6) is -0.254. The highest BCUT2D eigenvalue weighted by atomic mass is 19.4. The molecular formula is C25H21F3N2O4. The lowest BCUT2D eigenvalue weighted by Gasteiger charge is -2.10. The number of rotatable bonds is 8. The van der Waals surface area contributed by atoms with E-state index in [1.165, 1.54) is 55.7 Å². The van der Waals surface area contributed by atoms with Gasteiger partial charge in [-0.05, 0) is 48.5 Å². The number of methoxy groups -OCH3 is 1. The molecule has 1 aromatic heterocycles. The lowest BCUT2D eigenvalue weighted by atomic mass is 10.1. The van der Waals surface area contributed by atoms with E-state index in [4.69, 9.17) is 9.15 Å². The van der Waals surface area contributed by atoms with Crippen molar-refractivity contribution < 1.29 is 31.9 Å². The number of hydrogen-bond donors (Lipinski definition) is 2. The number of halogens is 3. The van der Waals surface area contributed by atoms with Crippen molar-refractivity contribution in [1.82, 2.24) is 10.6 Å². The van der Waals surface area contributed by atoms with E-state index in [0.717, 1.165) is 12.1 Å². The van der Waals surface area contributed by atoms with Gasteiger partial charge >= 0.3 is 6.18 Å². The first-order valence-electron chi connectivity index (χ1n) is 10.0. The molecule has 0 saturated carbocycles. The van der Waals surface area contributed by atoms with Crippen LogP contribution in [0, 0.1) is 0 Å². The van der Waals surface area contributed by atoms with Crippen LogP contribution in [-0.4, -0.2) is 25.5 Å². The van der Waals surface area contributed by atoms with Crippen LogP contribution in [-0.2, 0) is 11.0 Å². The lowest BCUT2D eigenvalue weighted by molar-refractivity contribution is -0.137. The van der Waals surface area contributed by atoms with Crippen LogP contribution in [0.25, 0.3) is 17.4 Å². The van der Waals surface area contributed by atoms with Gasteiger partial charge in [0, 0.05) is 23.7 Å². The first-order valence-corrected chi connectivity index (χ1v) is 10.0. The van der Waals surface area contributed by atoms with Gasteiger partial charge in [-0.2, -0.15) is 13.2 Å². The highest BCUT2D eigenvalue weighted by molar-refractivity contribution is 6.05. The maximum Gasteiger partial charge on any atom is 0.416 e. The average molecular weight is 470 g/mol. The summed E-state index contributed by atoms with van der Waals surface area (Å²) in [6.45, 7) is 3.69. The molecule has 0 atom stereocenters. The first-order chi connectivity index (χ1) is 16.2. The third-order valence-electron chi connectivity index (χ3n) is 4.64. The van der Waals surface area contributed by atoms with Gasteiger partial charge in [0.1, 0.15) is 23.0 Å². The smallest absolute Gasteiger partial charge is 0.416 e. The molecule has 3 rings (SSSR count). The van der Waals surface area contributed by atoms with Crippen molar-refractivity contribution in [3.63, 3.8) is 0 Å². The standard InChI is InChI=1S/C25H21F3N2O4/c1-3-13-29-24(32)21(30-23(31)16-7-9-19(33-2)10-8-16)15-20-11-12-22(34-20)17-5-4-6-18(14-17)25(26,27)28/h3-12,14-15H,1,13H2,2H3,(H,29,32)(H,30,31). The molecule has 0 bridgehead atoms. The summed E-state index contributed by atoms with van der Waals surface area (Å²) in [5, 5.41) is 5.10. The molecule has 6 nitrogen and oxygen atoms in total. The molecule has 0 aliphatic heterocycles. The Hall–Kier alpha value is -4.27. The van der Waals surface area contributed by atoms with Gasteiger partial charge in [-0.3, -0.25) is 9.59 Å². The SMILES string of the molecule is C=CCNC(=O)C(=Cc1ccc(-c2cccc(C(F)(F)F)c2)o1)NC(=O)c1ccc(OC)cc1. The second-order valence-corrected chi connectivity index (χ2v) is 7.02. The van der Waals surface area contributed by atoms with Gasteiger partial charge in [0.25, 0.3) is 11.8 Å². The quantitative estimate of drug-likeness (QED) is 0.357. The Morgan fingerprint density at radius 2 is 1.82 bits per heavy atom. The maximum absolute atomic E-state index is 13.0. The van der Waals surface area contributed by atoms with Gasteiger partial charge in [-0.15, -0.1) is 6.58 Å². The van der Waals surface area contributed by atoms with Crippen molar-refractivity contribution in [2.24, 2.45) is 0 Å². The van der Waals surface area contributed by atoms with Crippen molar-refractivity contribution in [2.45, 2.75) is 6.18 Å². The molecule has 0 unspecified atom stereocenters. The van der Waals surface area contributed by atoms with Crippen molar-refractivity contribution >= 4 is 17.9 Å². The van der Waals surface area contributed by atoms with Gasteiger partial charge in [-0.25, -0.2) is 0 Å². The minimum Gasteiger partial charge on any atom is -0.497 e. The number of carbonyl (C=O) groups is 2.